The Bertz CT molecular complexity index is 757. The van der Waals surface area contributed by atoms with Gasteiger partial charge in [0.15, 0.2) is 0 Å². The molecule has 6 heteroatoms. The normalized spacial score (nSPS) is 15.5. The second kappa shape index (κ2) is 6.93. The molecule has 1 aliphatic rings. The van der Waals surface area contributed by atoms with Gasteiger partial charge in [-0.2, -0.15) is 0 Å². The predicted molar refractivity (Wildman–Crippen MR) is 91.5 cm³/mol. The summed E-state index contributed by atoms with van der Waals surface area (Å²) >= 11 is 0. The molecule has 2 aromatic carbocycles. The fraction of sp³-hybridized carbons (Fsp3) is 0.167. The first kappa shape index (κ1) is 16.3. The summed E-state index contributed by atoms with van der Waals surface area (Å²) < 4.78 is 0. The molecule has 2 amide bonds. The number of hydrogen-bond acceptors (Lipinski definition) is 4. The third-order valence-electron chi connectivity index (χ3n) is 3.81. The van der Waals surface area contributed by atoms with Crippen molar-refractivity contribution in [1.82, 2.24) is 5.06 Å². The van der Waals surface area contributed by atoms with Gasteiger partial charge in [-0.25, -0.2) is 4.79 Å². The minimum Gasteiger partial charge on any atom is -0.325 e. The van der Waals surface area contributed by atoms with Crippen molar-refractivity contribution < 1.29 is 19.2 Å². The summed E-state index contributed by atoms with van der Waals surface area (Å²) in [5.74, 6) is -1.66. The van der Waals surface area contributed by atoms with E-state index in [0.29, 0.717) is 10.6 Å². The maximum Gasteiger partial charge on any atom is 0.363 e. The molecule has 122 valence electrons. The predicted octanol–water partition coefficient (Wildman–Crippen LogP) is 1.97. The number of nitrogens with zero attached hydrogens (tertiary/aromatic N) is 1. The van der Waals surface area contributed by atoms with Crippen molar-refractivity contribution in [2.45, 2.75) is 12.8 Å². The molecule has 1 aliphatic heterocycles. The smallest absolute Gasteiger partial charge is 0.325 e. The highest BCUT2D eigenvalue weighted by atomic mass is 31.1. The topological polar surface area (TPSA) is 63.7 Å². The summed E-state index contributed by atoms with van der Waals surface area (Å²) in [5.41, 5.74) is 0.308. The van der Waals surface area contributed by atoms with Crippen LogP contribution in [-0.4, -0.2) is 29.5 Å². The lowest BCUT2D eigenvalue weighted by atomic mass is 10.2. The third kappa shape index (κ3) is 3.36. The maximum atomic E-state index is 12.1. The van der Waals surface area contributed by atoms with Gasteiger partial charge in [-0.05, 0) is 37.3 Å². The van der Waals surface area contributed by atoms with Crippen LogP contribution in [0.15, 0.2) is 54.6 Å². The molecular weight excluding hydrogens is 325 g/mol. The Hall–Kier alpha value is -2.52. The monoisotopic (exact) mass is 341 g/mol. The van der Waals surface area contributed by atoms with Gasteiger partial charge in [-0.3, -0.25) is 9.59 Å². The molecule has 0 aliphatic carbocycles. The molecule has 1 fully saturated rings. The van der Waals surface area contributed by atoms with Crippen molar-refractivity contribution in [3.8, 4) is 0 Å². The number of carbonyl (C=O) groups is 3. The first-order chi connectivity index (χ1) is 11.6. The zero-order valence-corrected chi connectivity index (χ0v) is 14.0. The Morgan fingerprint density at radius 3 is 2.04 bits per heavy atom. The first-order valence-corrected chi connectivity index (χ1v) is 9.32. The Balaban J connectivity index is 1.71. The van der Waals surface area contributed by atoms with E-state index in [4.69, 9.17) is 4.84 Å². The third-order valence-corrected chi connectivity index (χ3v) is 5.96. The molecular formula is C18H16NO4P. The second-order valence-corrected chi connectivity index (χ2v) is 7.55. The van der Waals surface area contributed by atoms with Crippen LogP contribution in [0.2, 0.25) is 0 Å². The van der Waals surface area contributed by atoms with E-state index in [1.807, 2.05) is 30.3 Å². The van der Waals surface area contributed by atoms with Gasteiger partial charge in [0.1, 0.15) is 0 Å². The molecule has 0 N–H and O–H groups in total. The van der Waals surface area contributed by atoms with Gasteiger partial charge in [-0.1, -0.05) is 42.5 Å². The number of rotatable bonds is 4. The number of carbonyl (C=O) groups excluding carboxylic acids is 3. The fourth-order valence-corrected chi connectivity index (χ4v) is 3.93. The highest BCUT2D eigenvalue weighted by Gasteiger charge is 2.33. The summed E-state index contributed by atoms with van der Waals surface area (Å²) in [5, 5.41) is 2.93. The maximum absolute atomic E-state index is 12.1. The van der Waals surface area contributed by atoms with Crippen LogP contribution in [0.25, 0.3) is 0 Å². The largest absolute Gasteiger partial charge is 0.363 e. The highest BCUT2D eigenvalue weighted by molar-refractivity contribution is 7.72. The number of hydrogen-bond donors (Lipinski definition) is 0. The van der Waals surface area contributed by atoms with E-state index in [9.17, 15) is 14.4 Å². The summed E-state index contributed by atoms with van der Waals surface area (Å²) in [6.07, 6.45) is 0.171. The van der Waals surface area contributed by atoms with E-state index in [1.54, 1.807) is 12.1 Å². The van der Waals surface area contributed by atoms with Crippen LogP contribution in [0.3, 0.4) is 0 Å². The minimum atomic E-state index is -0.703. The van der Waals surface area contributed by atoms with Crippen molar-refractivity contribution in [3.05, 3.63) is 60.2 Å². The van der Waals surface area contributed by atoms with Crippen molar-refractivity contribution in [2.75, 3.05) is 6.66 Å². The van der Waals surface area contributed by atoms with E-state index in [1.165, 1.54) is 5.30 Å². The molecule has 1 unspecified atom stereocenters. The van der Waals surface area contributed by atoms with Crippen molar-refractivity contribution in [3.63, 3.8) is 0 Å². The average molecular weight is 341 g/mol. The Morgan fingerprint density at radius 1 is 0.917 bits per heavy atom. The number of imide groups is 1. The van der Waals surface area contributed by atoms with Crippen LogP contribution >= 0.6 is 7.92 Å². The fourth-order valence-electron chi connectivity index (χ4n) is 2.42. The van der Waals surface area contributed by atoms with E-state index in [0.717, 1.165) is 5.30 Å². The lowest BCUT2D eigenvalue weighted by Crippen LogP contribution is -2.32. The highest BCUT2D eigenvalue weighted by Crippen LogP contribution is 2.28. The van der Waals surface area contributed by atoms with Crippen molar-refractivity contribution >= 4 is 36.3 Å². The molecule has 0 saturated carbocycles. The Morgan fingerprint density at radius 2 is 1.46 bits per heavy atom. The molecule has 0 radical (unpaired) electrons. The van der Waals surface area contributed by atoms with Gasteiger partial charge in [0, 0.05) is 12.8 Å². The summed E-state index contributed by atoms with van der Waals surface area (Å²) in [7, 11) is -0.500. The van der Waals surface area contributed by atoms with Gasteiger partial charge in [-0.15, -0.1) is 5.06 Å². The molecule has 0 aromatic heterocycles. The Kier molecular flexibility index (Phi) is 4.72. The van der Waals surface area contributed by atoms with Crippen molar-refractivity contribution in [1.29, 1.82) is 0 Å². The van der Waals surface area contributed by atoms with E-state index in [2.05, 4.69) is 18.8 Å². The molecule has 1 atom stereocenters. The van der Waals surface area contributed by atoms with Gasteiger partial charge >= 0.3 is 5.97 Å². The van der Waals surface area contributed by atoms with Gasteiger partial charge in [0.05, 0.1) is 5.56 Å². The summed E-state index contributed by atoms with van der Waals surface area (Å²) in [6.45, 7) is 2.15. The summed E-state index contributed by atoms with van der Waals surface area (Å²) in [6, 6.07) is 17.2. The zero-order chi connectivity index (χ0) is 17.1. The second-order valence-electron chi connectivity index (χ2n) is 5.40. The van der Waals surface area contributed by atoms with Crippen LogP contribution in [0.1, 0.15) is 23.2 Å². The molecule has 1 saturated heterocycles. The zero-order valence-electron chi connectivity index (χ0n) is 13.1. The SMILES string of the molecule is CP(c1ccccc1)c1ccc(C(=O)ON2C(=O)CCC2=O)cc1. The molecule has 2 aromatic rings. The van der Waals surface area contributed by atoms with Gasteiger partial charge in [0.2, 0.25) is 0 Å². The van der Waals surface area contributed by atoms with E-state index >= 15 is 0 Å². The van der Waals surface area contributed by atoms with Crippen LogP contribution < -0.4 is 10.6 Å². The molecule has 3 rings (SSSR count). The molecule has 0 bridgehead atoms. The van der Waals surface area contributed by atoms with Gasteiger partial charge < -0.3 is 4.84 Å². The van der Waals surface area contributed by atoms with Crippen molar-refractivity contribution in [2.24, 2.45) is 0 Å². The van der Waals surface area contributed by atoms with E-state index in [-0.39, 0.29) is 12.8 Å². The number of amides is 2. The standard InChI is InChI=1S/C18H16NO4P/c1-24(14-5-3-2-4-6-14)15-9-7-13(8-10-15)18(22)23-19-16(20)11-12-17(19)21/h2-10H,11-12H2,1H3. The van der Waals surface area contributed by atoms with Crippen LogP contribution in [0.4, 0.5) is 0 Å². The van der Waals surface area contributed by atoms with Crippen LogP contribution in [0.5, 0.6) is 0 Å². The van der Waals surface area contributed by atoms with Crippen LogP contribution in [0, 0.1) is 0 Å². The average Bonchev–Trinajstić information content (AvgIpc) is 2.94. The molecule has 24 heavy (non-hydrogen) atoms. The molecule has 1 heterocycles. The van der Waals surface area contributed by atoms with Crippen LogP contribution in [-0.2, 0) is 14.4 Å². The number of hydroxylamine groups is 2. The lowest BCUT2D eigenvalue weighted by molar-refractivity contribution is -0.172. The van der Waals surface area contributed by atoms with E-state index < -0.39 is 25.7 Å². The quantitative estimate of drug-likeness (QED) is 0.630. The minimum absolute atomic E-state index is 0.0856. The number of benzene rings is 2. The molecule has 0 spiro atoms. The summed E-state index contributed by atoms with van der Waals surface area (Å²) in [4.78, 5) is 40.0. The molecule has 5 nitrogen and oxygen atoms in total. The Labute approximate surface area is 140 Å². The lowest BCUT2D eigenvalue weighted by Gasteiger charge is -2.14. The first-order valence-electron chi connectivity index (χ1n) is 7.53. The van der Waals surface area contributed by atoms with Gasteiger partial charge in [0.25, 0.3) is 11.8 Å².